The van der Waals surface area contributed by atoms with Crippen molar-refractivity contribution in [2.24, 2.45) is 0 Å². The number of amides is 1. The first-order chi connectivity index (χ1) is 13.4. The number of hydrogen-bond acceptors (Lipinski definition) is 4. The number of nitro groups is 1. The third kappa shape index (κ3) is 4.57. The summed E-state index contributed by atoms with van der Waals surface area (Å²) in [6.07, 6.45) is 0. The third-order valence-electron chi connectivity index (χ3n) is 4.08. The highest BCUT2D eigenvalue weighted by Gasteiger charge is 2.16. The number of aryl methyl sites for hydroxylation is 1. The van der Waals surface area contributed by atoms with Crippen molar-refractivity contribution in [2.45, 2.75) is 6.92 Å². The summed E-state index contributed by atoms with van der Waals surface area (Å²) in [6, 6.07) is 21.6. The molecule has 0 fully saturated rings. The van der Waals surface area contributed by atoms with E-state index in [1.807, 2.05) is 42.5 Å². The zero-order valence-electron chi connectivity index (χ0n) is 15.0. The molecule has 0 spiro atoms. The van der Waals surface area contributed by atoms with Gasteiger partial charge in [-0.15, -0.1) is 0 Å². The molecule has 0 atom stereocenters. The van der Waals surface area contributed by atoms with Gasteiger partial charge >= 0.3 is 0 Å². The number of thiocarbonyl (C=S) groups is 1. The molecule has 28 heavy (non-hydrogen) atoms. The zero-order valence-corrected chi connectivity index (χ0v) is 15.8. The molecule has 0 aliphatic heterocycles. The molecule has 0 heterocycles. The van der Waals surface area contributed by atoms with Gasteiger partial charge in [0.25, 0.3) is 11.6 Å². The molecule has 140 valence electrons. The summed E-state index contributed by atoms with van der Waals surface area (Å²) < 4.78 is 0. The summed E-state index contributed by atoms with van der Waals surface area (Å²) in [6.45, 7) is 1.76. The van der Waals surface area contributed by atoms with E-state index in [1.165, 1.54) is 6.07 Å². The van der Waals surface area contributed by atoms with Crippen LogP contribution in [-0.2, 0) is 0 Å². The lowest BCUT2D eigenvalue weighted by atomic mass is 10.0. The van der Waals surface area contributed by atoms with Gasteiger partial charge in [0.05, 0.1) is 4.92 Å². The molecule has 7 heteroatoms. The minimum atomic E-state index is -0.498. The molecule has 3 rings (SSSR count). The molecule has 0 aliphatic rings. The Morgan fingerprint density at radius 2 is 1.61 bits per heavy atom. The lowest BCUT2D eigenvalue weighted by molar-refractivity contribution is -0.383. The Balaban J connectivity index is 1.68. The van der Waals surface area contributed by atoms with Crippen LogP contribution in [0.4, 0.5) is 11.4 Å². The maximum absolute atomic E-state index is 12.4. The fourth-order valence-electron chi connectivity index (χ4n) is 2.67. The molecule has 0 bridgehead atoms. The van der Waals surface area contributed by atoms with Crippen LogP contribution in [0.2, 0.25) is 0 Å². The highest BCUT2D eigenvalue weighted by molar-refractivity contribution is 7.80. The number of carbonyl (C=O) groups excluding carboxylic acids is 1. The van der Waals surface area contributed by atoms with E-state index in [0.29, 0.717) is 5.56 Å². The van der Waals surface area contributed by atoms with Crippen molar-refractivity contribution in [1.82, 2.24) is 5.32 Å². The van der Waals surface area contributed by atoms with Crippen molar-refractivity contribution in [3.05, 3.63) is 94.0 Å². The van der Waals surface area contributed by atoms with Crippen LogP contribution in [0.5, 0.6) is 0 Å². The van der Waals surface area contributed by atoms with Crippen LogP contribution in [0.15, 0.2) is 72.8 Å². The average Bonchev–Trinajstić information content (AvgIpc) is 2.70. The molecular weight excluding hydrogens is 374 g/mol. The van der Waals surface area contributed by atoms with Crippen molar-refractivity contribution in [3.63, 3.8) is 0 Å². The summed E-state index contributed by atoms with van der Waals surface area (Å²) in [5, 5.41) is 16.4. The second kappa shape index (κ2) is 8.41. The van der Waals surface area contributed by atoms with Crippen molar-refractivity contribution in [1.29, 1.82) is 0 Å². The van der Waals surface area contributed by atoms with Gasteiger partial charge in [0.2, 0.25) is 0 Å². The first-order valence-electron chi connectivity index (χ1n) is 8.47. The molecule has 0 saturated heterocycles. The monoisotopic (exact) mass is 391 g/mol. The maximum Gasteiger partial charge on any atom is 0.292 e. The Morgan fingerprint density at radius 1 is 0.964 bits per heavy atom. The van der Waals surface area contributed by atoms with Crippen LogP contribution in [0, 0.1) is 17.0 Å². The lowest BCUT2D eigenvalue weighted by Gasteiger charge is -2.11. The van der Waals surface area contributed by atoms with Crippen molar-refractivity contribution >= 4 is 34.6 Å². The van der Waals surface area contributed by atoms with E-state index < -0.39 is 10.8 Å². The van der Waals surface area contributed by atoms with Gasteiger partial charge in [-0.2, -0.15) is 0 Å². The molecule has 0 radical (unpaired) electrons. The Hall–Kier alpha value is -3.58. The summed E-state index contributed by atoms with van der Waals surface area (Å²) >= 11 is 5.13. The number of nitrogens with zero attached hydrogens (tertiary/aromatic N) is 1. The first-order valence-corrected chi connectivity index (χ1v) is 8.88. The largest absolute Gasteiger partial charge is 0.327 e. The Kier molecular flexibility index (Phi) is 5.76. The van der Waals surface area contributed by atoms with Gasteiger partial charge in [0.1, 0.15) is 5.69 Å². The maximum atomic E-state index is 12.4. The summed E-state index contributed by atoms with van der Waals surface area (Å²) in [5.74, 6) is -0.396. The molecule has 3 aromatic carbocycles. The van der Waals surface area contributed by atoms with Gasteiger partial charge in [0, 0.05) is 11.6 Å². The van der Waals surface area contributed by atoms with Crippen LogP contribution in [-0.4, -0.2) is 15.9 Å². The quantitative estimate of drug-likeness (QED) is 0.383. The van der Waals surface area contributed by atoms with E-state index >= 15 is 0 Å². The van der Waals surface area contributed by atoms with E-state index in [4.69, 9.17) is 12.2 Å². The molecule has 0 unspecified atom stereocenters. The SMILES string of the molecule is Cc1ccc(NC(=S)NC(=O)c2ccc(-c3ccccc3)cc2)c([N+](=O)[O-])c1. The lowest BCUT2D eigenvalue weighted by Crippen LogP contribution is -2.34. The van der Waals surface area contributed by atoms with Gasteiger partial charge in [-0.05, 0) is 54.0 Å². The van der Waals surface area contributed by atoms with Crippen LogP contribution in [0.3, 0.4) is 0 Å². The predicted molar refractivity (Wildman–Crippen MR) is 113 cm³/mol. The van der Waals surface area contributed by atoms with Crippen LogP contribution in [0.25, 0.3) is 11.1 Å². The van der Waals surface area contributed by atoms with Gasteiger partial charge in [-0.1, -0.05) is 48.5 Å². The highest BCUT2D eigenvalue weighted by Crippen LogP contribution is 2.25. The van der Waals surface area contributed by atoms with Gasteiger partial charge in [-0.3, -0.25) is 20.2 Å². The van der Waals surface area contributed by atoms with Crippen molar-refractivity contribution < 1.29 is 9.72 Å². The molecule has 0 aliphatic carbocycles. The number of rotatable bonds is 4. The number of carbonyl (C=O) groups is 1. The Morgan fingerprint density at radius 3 is 2.25 bits per heavy atom. The van der Waals surface area contributed by atoms with E-state index in [9.17, 15) is 14.9 Å². The molecule has 0 saturated carbocycles. The zero-order chi connectivity index (χ0) is 20.1. The molecule has 2 N–H and O–H groups in total. The predicted octanol–water partition coefficient (Wildman–Crippen LogP) is 4.70. The third-order valence-corrected chi connectivity index (χ3v) is 4.28. The van der Waals surface area contributed by atoms with E-state index in [2.05, 4.69) is 10.6 Å². The molecule has 0 aromatic heterocycles. The smallest absolute Gasteiger partial charge is 0.292 e. The number of hydrogen-bond donors (Lipinski definition) is 2. The first kappa shape index (κ1) is 19.2. The van der Waals surface area contributed by atoms with Gasteiger partial charge in [-0.25, -0.2) is 0 Å². The normalized spacial score (nSPS) is 10.2. The number of benzene rings is 3. The fraction of sp³-hybridized carbons (Fsp3) is 0.0476. The van der Waals surface area contributed by atoms with Crippen LogP contribution >= 0.6 is 12.2 Å². The number of nitrogens with one attached hydrogen (secondary N) is 2. The molecular formula is C21H17N3O3S. The summed E-state index contributed by atoms with van der Waals surface area (Å²) in [5.41, 5.74) is 3.35. The molecule has 3 aromatic rings. The van der Waals surface area contributed by atoms with Gasteiger partial charge in [0.15, 0.2) is 5.11 Å². The van der Waals surface area contributed by atoms with Crippen LogP contribution < -0.4 is 10.6 Å². The second-order valence-electron chi connectivity index (χ2n) is 6.13. The molecule has 1 amide bonds. The minimum Gasteiger partial charge on any atom is -0.327 e. The minimum absolute atomic E-state index is 0.0101. The summed E-state index contributed by atoms with van der Waals surface area (Å²) in [7, 11) is 0. The topological polar surface area (TPSA) is 84.3 Å². The number of anilines is 1. The van der Waals surface area contributed by atoms with Gasteiger partial charge < -0.3 is 5.32 Å². The number of nitro benzene ring substituents is 1. The van der Waals surface area contributed by atoms with E-state index in [0.717, 1.165) is 16.7 Å². The Labute approximate surface area is 167 Å². The van der Waals surface area contributed by atoms with Crippen molar-refractivity contribution in [2.75, 3.05) is 5.32 Å². The van der Waals surface area contributed by atoms with E-state index in [1.54, 1.807) is 31.2 Å². The highest BCUT2D eigenvalue weighted by atomic mass is 32.1. The molecule has 6 nitrogen and oxygen atoms in total. The Bertz CT molecular complexity index is 1030. The second-order valence-corrected chi connectivity index (χ2v) is 6.54. The van der Waals surface area contributed by atoms with Crippen molar-refractivity contribution in [3.8, 4) is 11.1 Å². The average molecular weight is 391 g/mol. The van der Waals surface area contributed by atoms with Crippen LogP contribution in [0.1, 0.15) is 15.9 Å². The fourth-order valence-corrected chi connectivity index (χ4v) is 2.87. The van der Waals surface area contributed by atoms with E-state index in [-0.39, 0.29) is 16.5 Å². The summed E-state index contributed by atoms with van der Waals surface area (Å²) in [4.78, 5) is 23.1. The standard InChI is InChI=1S/C21H17N3O3S/c1-14-7-12-18(19(13-14)24(26)27)22-21(28)23-20(25)17-10-8-16(9-11-17)15-5-3-2-4-6-15/h2-13H,1H3,(H2,22,23,25,28).